The van der Waals surface area contributed by atoms with E-state index in [0.717, 1.165) is 0 Å². The Balaban J connectivity index is 1.66. The summed E-state index contributed by atoms with van der Waals surface area (Å²) in [5.74, 6) is -0.586. The van der Waals surface area contributed by atoms with E-state index in [4.69, 9.17) is 4.74 Å². The van der Waals surface area contributed by atoms with Crippen molar-refractivity contribution in [2.75, 3.05) is 13.7 Å². The van der Waals surface area contributed by atoms with Crippen molar-refractivity contribution in [1.82, 2.24) is 4.57 Å². The molecule has 0 saturated carbocycles. The number of benzene rings is 2. The first-order valence-electron chi connectivity index (χ1n) is 8.77. The number of aromatic nitrogens is 1. The molecular formula is C20H18N4O4. The molecule has 2 heterocycles. The number of fused-ring (bicyclic) bond motifs is 2. The van der Waals surface area contributed by atoms with Crippen molar-refractivity contribution in [3.05, 3.63) is 58.7 Å². The Hall–Kier alpha value is -3.52. The van der Waals surface area contributed by atoms with Gasteiger partial charge < -0.3 is 14.9 Å². The minimum Gasteiger partial charge on any atom is -0.494 e. The lowest BCUT2D eigenvalue weighted by Gasteiger charge is -2.05. The van der Waals surface area contributed by atoms with Gasteiger partial charge in [-0.05, 0) is 36.8 Å². The van der Waals surface area contributed by atoms with Crippen molar-refractivity contribution in [1.29, 1.82) is 0 Å². The van der Waals surface area contributed by atoms with Gasteiger partial charge >= 0.3 is 0 Å². The molecule has 8 heteroatoms. The Morgan fingerprint density at radius 1 is 1.07 bits per heavy atom. The van der Waals surface area contributed by atoms with Crippen LogP contribution in [0.1, 0.15) is 16.8 Å². The Morgan fingerprint density at radius 2 is 1.75 bits per heavy atom. The molecule has 0 unspecified atom stereocenters. The summed E-state index contributed by atoms with van der Waals surface area (Å²) in [6.07, 6.45) is 0.627. The molecule has 1 aliphatic rings. The van der Waals surface area contributed by atoms with Crippen LogP contribution < -0.4 is 10.7 Å². The zero-order valence-electron chi connectivity index (χ0n) is 15.2. The molecule has 0 aliphatic carbocycles. The molecule has 1 aromatic heterocycles. The van der Waals surface area contributed by atoms with E-state index < -0.39 is 5.91 Å². The summed E-state index contributed by atoms with van der Waals surface area (Å²) in [6.45, 7) is 0.895. The molecule has 0 bridgehead atoms. The smallest absolute Gasteiger partial charge is 0.280 e. The quantitative estimate of drug-likeness (QED) is 0.656. The largest absolute Gasteiger partial charge is 0.494 e. The third-order valence-corrected chi connectivity index (χ3v) is 4.51. The maximum atomic E-state index is 12.5. The highest BCUT2D eigenvalue weighted by atomic mass is 16.5. The lowest BCUT2D eigenvalue weighted by Crippen LogP contribution is -2.19. The second-order valence-corrected chi connectivity index (χ2v) is 6.33. The first kappa shape index (κ1) is 17.9. The number of methoxy groups -OCH3 is 1. The maximum Gasteiger partial charge on any atom is 0.280 e. The standard InChI is InChI=1S/C20H18N4O4/c1-28-10-4-9-24-18(26)13-8-7-12(11-14(13)19(24)27)17(25)23-20-21-15-5-2-3-6-16(15)22-20/h2-3,5-8,11,26-27H,4,9-10H2,1H3. The number of para-hydroxylation sites is 2. The summed E-state index contributed by atoms with van der Waals surface area (Å²) in [6, 6.07) is 11.9. The van der Waals surface area contributed by atoms with Gasteiger partial charge in [0.25, 0.3) is 11.9 Å². The van der Waals surface area contributed by atoms with Gasteiger partial charge in [0.05, 0.1) is 10.7 Å². The van der Waals surface area contributed by atoms with E-state index in [-0.39, 0.29) is 23.3 Å². The second kappa shape index (κ2) is 7.24. The fourth-order valence-corrected chi connectivity index (χ4v) is 3.13. The van der Waals surface area contributed by atoms with Crippen molar-refractivity contribution < 1.29 is 19.7 Å². The number of ether oxygens (including phenoxy) is 1. The first-order valence-corrected chi connectivity index (χ1v) is 8.77. The zero-order valence-corrected chi connectivity index (χ0v) is 15.2. The van der Waals surface area contributed by atoms with E-state index >= 15 is 0 Å². The maximum absolute atomic E-state index is 12.5. The van der Waals surface area contributed by atoms with Gasteiger partial charge in [-0.1, -0.05) is 12.1 Å². The Morgan fingerprint density at radius 3 is 2.43 bits per heavy atom. The second-order valence-electron chi connectivity index (χ2n) is 6.33. The van der Waals surface area contributed by atoms with E-state index in [0.29, 0.717) is 41.1 Å². The van der Waals surface area contributed by atoms with Crippen LogP contribution in [0.25, 0.3) is 10.8 Å². The number of rotatable bonds is 5. The molecular weight excluding hydrogens is 360 g/mol. The van der Waals surface area contributed by atoms with Gasteiger partial charge in [0.2, 0.25) is 11.8 Å². The third kappa shape index (κ3) is 3.14. The van der Waals surface area contributed by atoms with Crippen LogP contribution in [-0.4, -0.2) is 40.4 Å². The minimum absolute atomic E-state index is 0.0508. The molecule has 1 amide bonds. The number of hydrogen-bond donors (Lipinski definition) is 2. The number of nitrogens with zero attached hydrogens (tertiary/aromatic N) is 4. The highest BCUT2D eigenvalue weighted by Crippen LogP contribution is 2.37. The molecule has 4 rings (SSSR count). The van der Waals surface area contributed by atoms with Crippen LogP contribution >= 0.6 is 0 Å². The van der Waals surface area contributed by atoms with Gasteiger partial charge in [0.1, 0.15) is 0 Å². The van der Waals surface area contributed by atoms with Crippen LogP contribution in [0.3, 0.4) is 0 Å². The van der Waals surface area contributed by atoms with E-state index in [9.17, 15) is 15.0 Å². The fourth-order valence-electron chi connectivity index (χ4n) is 3.13. The van der Waals surface area contributed by atoms with Crippen molar-refractivity contribution >= 4 is 22.6 Å². The Labute approximate surface area is 159 Å². The summed E-state index contributed by atoms with van der Waals surface area (Å²) in [5.41, 5.74) is 0.269. The molecule has 0 fully saturated rings. The van der Waals surface area contributed by atoms with Crippen LogP contribution in [0, 0.1) is 0 Å². The number of aliphatic imine (C=N–C) groups is 1. The van der Waals surface area contributed by atoms with E-state index in [2.05, 4.69) is 15.0 Å². The molecule has 28 heavy (non-hydrogen) atoms. The predicted octanol–water partition coefficient (Wildman–Crippen LogP) is 1.54. The van der Waals surface area contributed by atoms with Crippen LogP contribution in [0.4, 0.5) is 0 Å². The number of hydrogen-bond acceptors (Lipinski definition) is 4. The van der Waals surface area contributed by atoms with Crippen molar-refractivity contribution in [3.63, 3.8) is 0 Å². The van der Waals surface area contributed by atoms with E-state index in [1.165, 1.54) is 10.6 Å². The molecule has 0 saturated heterocycles. The van der Waals surface area contributed by atoms with Crippen molar-refractivity contribution in [2.45, 2.75) is 13.0 Å². The molecule has 3 aromatic rings. The summed E-state index contributed by atoms with van der Waals surface area (Å²) >= 11 is 0. The summed E-state index contributed by atoms with van der Waals surface area (Å²) < 4.78 is 6.39. The van der Waals surface area contributed by atoms with Crippen molar-refractivity contribution in [2.24, 2.45) is 15.0 Å². The van der Waals surface area contributed by atoms with Gasteiger partial charge in [0, 0.05) is 36.6 Å². The van der Waals surface area contributed by atoms with Crippen LogP contribution in [-0.2, 0) is 11.3 Å². The van der Waals surface area contributed by atoms with Gasteiger partial charge in [-0.25, -0.2) is 9.98 Å². The third-order valence-electron chi connectivity index (χ3n) is 4.51. The molecule has 0 spiro atoms. The normalized spacial score (nSPS) is 12.5. The summed E-state index contributed by atoms with van der Waals surface area (Å²) in [4.78, 5) is 24.9. The minimum atomic E-state index is -0.525. The highest BCUT2D eigenvalue weighted by molar-refractivity contribution is 6.06. The van der Waals surface area contributed by atoms with Crippen LogP contribution in [0.5, 0.6) is 11.8 Å². The summed E-state index contributed by atoms with van der Waals surface area (Å²) in [5, 5.41) is 23.0. The first-order chi connectivity index (χ1) is 13.6. The number of amides is 1. The zero-order chi connectivity index (χ0) is 19.7. The average molecular weight is 378 g/mol. The monoisotopic (exact) mass is 378 g/mol. The topological polar surface area (TPSA) is 109 Å². The molecule has 142 valence electrons. The van der Waals surface area contributed by atoms with Gasteiger partial charge in [-0.2, -0.15) is 4.99 Å². The van der Waals surface area contributed by atoms with Gasteiger partial charge in [0.15, 0.2) is 0 Å². The molecule has 0 atom stereocenters. The number of guanidine groups is 1. The Kier molecular flexibility index (Phi) is 4.62. The molecule has 0 radical (unpaired) electrons. The predicted molar refractivity (Wildman–Crippen MR) is 102 cm³/mol. The molecule has 8 nitrogen and oxygen atoms in total. The number of carbonyl (C=O) groups excluding carboxylic acids is 1. The van der Waals surface area contributed by atoms with E-state index in [1.807, 2.05) is 12.1 Å². The van der Waals surface area contributed by atoms with E-state index in [1.54, 1.807) is 31.4 Å². The van der Waals surface area contributed by atoms with Gasteiger partial charge in [-0.3, -0.25) is 9.36 Å². The SMILES string of the molecule is COCCCn1c(O)c2ccc(C(=O)N=C3N=c4ccccc4=N3)cc2c1O. The molecule has 2 N–H and O–H groups in total. The Bertz CT molecular complexity index is 1190. The van der Waals surface area contributed by atoms with Crippen LogP contribution in [0.2, 0.25) is 0 Å². The summed E-state index contributed by atoms with van der Waals surface area (Å²) in [7, 11) is 1.59. The number of aromatic hydroxyl groups is 2. The number of carbonyl (C=O) groups is 1. The fraction of sp³-hybridized carbons (Fsp3) is 0.200. The molecule has 2 aromatic carbocycles. The van der Waals surface area contributed by atoms with Crippen molar-refractivity contribution in [3.8, 4) is 11.8 Å². The average Bonchev–Trinajstić information content (AvgIpc) is 3.21. The molecule has 1 aliphatic heterocycles. The van der Waals surface area contributed by atoms with Crippen LogP contribution in [0.15, 0.2) is 57.4 Å². The van der Waals surface area contributed by atoms with Gasteiger partial charge in [-0.15, -0.1) is 0 Å². The lowest BCUT2D eigenvalue weighted by molar-refractivity contribution is 0.100. The lowest BCUT2D eigenvalue weighted by atomic mass is 10.1. The highest BCUT2D eigenvalue weighted by Gasteiger charge is 2.18.